The van der Waals surface area contributed by atoms with Crippen LogP contribution >= 0.6 is 11.3 Å². The van der Waals surface area contributed by atoms with E-state index >= 15 is 0 Å². The molecule has 3 nitrogen and oxygen atoms in total. The maximum atomic E-state index is 5.31. The van der Waals surface area contributed by atoms with Gasteiger partial charge in [0.15, 0.2) is 0 Å². The van der Waals surface area contributed by atoms with Crippen LogP contribution in [0, 0.1) is 0 Å². The normalized spacial score (nSPS) is 18.0. The number of hydrazine groups is 1. The highest BCUT2D eigenvalue weighted by Gasteiger charge is 2.12. The van der Waals surface area contributed by atoms with Crippen molar-refractivity contribution in [1.82, 2.24) is 5.01 Å². The van der Waals surface area contributed by atoms with E-state index in [1.165, 1.54) is 22.5 Å². The minimum Gasteiger partial charge on any atom is -0.463 e. The number of hydrogen-bond acceptors (Lipinski definition) is 4. The Balaban J connectivity index is 1.80. The van der Waals surface area contributed by atoms with E-state index in [-0.39, 0.29) is 0 Å². The maximum absolute atomic E-state index is 5.31. The molecule has 1 aliphatic heterocycles. The predicted octanol–water partition coefficient (Wildman–Crippen LogP) is 2.92. The van der Waals surface area contributed by atoms with E-state index in [0.717, 1.165) is 18.7 Å². The zero-order valence-corrected chi connectivity index (χ0v) is 8.64. The molecule has 3 heterocycles. The van der Waals surface area contributed by atoms with Crippen molar-refractivity contribution >= 4 is 26.6 Å². The first-order valence-corrected chi connectivity index (χ1v) is 5.72. The van der Waals surface area contributed by atoms with Gasteiger partial charge in [-0.25, -0.2) is 5.01 Å². The summed E-state index contributed by atoms with van der Waals surface area (Å²) in [6, 6.07) is 4.08. The molecule has 2 aromatic rings. The average Bonchev–Trinajstić information content (AvgIpc) is 2.78. The lowest BCUT2D eigenvalue weighted by atomic mass is 10.4. The first kappa shape index (κ1) is 8.32. The predicted molar refractivity (Wildman–Crippen MR) is 58.5 cm³/mol. The number of anilines is 1. The summed E-state index contributed by atoms with van der Waals surface area (Å²) >= 11 is 1.74. The number of hydrogen-bond donors (Lipinski definition) is 1. The van der Waals surface area contributed by atoms with Crippen molar-refractivity contribution in [3.8, 4) is 0 Å². The summed E-state index contributed by atoms with van der Waals surface area (Å²) in [4.78, 5) is 0. The third-order valence-corrected chi connectivity index (χ3v) is 3.50. The summed E-state index contributed by atoms with van der Waals surface area (Å²) in [5.74, 6) is 0. The summed E-state index contributed by atoms with van der Waals surface area (Å²) in [5.41, 5.74) is 4.39. The Bertz CT molecular complexity index is 399. The van der Waals surface area contributed by atoms with Gasteiger partial charge in [0.05, 0.1) is 11.0 Å². The van der Waals surface area contributed by atoms with Crippen molar-refractivity contribution in [3.05, 3.63) is 18.4 Å². The molecular formula is C10H12N2OS. The second-order valence-electron chi connectivity index (χ2n) is 3.57. The van der Waals surface area contributed by atoms with E-state index in [9.17, 15) is 0 Å². The minimum absolute atomic E-state index is 0.983. The smallest absolute Gasteiger partial charge is 0.146 e. The number of fused-ring (bicyclic) bond motifs is 1. The molecule has 1 N–H and O–H groups in total. The first-order valence-electron chi connectivity index (χ1n) is 4.90. The van der Waals surface area contributed by atoms with Gasteiger partial charge in [0, 0.05) is 19.2 Å². The van der Waals surface area contributed by atoms with Crippen LogP contribution in [0.3, 0.4) is 0 Å². The van der Waals surface area contributed by atoms with Crippen LogP contribution in [-0.2, 0) is 0 Å². The Morgan fingerprint density at radius 1 is 1.36 bits per heavy atom. The van der Waals surface area contributed by atoms with Crippen LogP contribution in [-0.4, -0.2) is 18.1 Å². The molecule has 0 unspecified atom stereocenters. The van der Waals surface area contributed by atoms with E-state index in [1.54, 1.807) is 17.6 Å². The van der Waals surface area contributed by atoms with E-state index < -0.39 is 0 Å². The Morgan fingerprint density at radius 3 is 3.00 bits per heavy atom. The van der Waals surface area contributed by atoms with Gasteiger partial charge in [-0.05, 0) is 18.9 Å². The molecule has 74 valence electrons. The van der Waals surface area contributed by atoms with Gasteiger partial charge >= 0.3 is 0 Å². The maximum Gasteiger partial charge on any atom is 0.146 e. The van der Waals surface area contributed by atoms with Gasteiger partial charge in [-0.1, -0.05) is 0 Å². The molecule has 1 aliphatic rings. The Kier molecular flexibility index (Phi) is 1.96. The van der Waals surface area contributed by atoms with Gasteiger partial charge in [0.2, 0.25) is 0 Å². The van der Waals surface area contributed by atoms with Gasteiger partial charge in [-0.15, -0.1) is 11.3 Å². The molecule has 0 aliphatic carbocycles. The summed E-state index contributed by atoms with van der Waals surface area (Å²) in [6.45, 7) is 2.30. The molecule has 2 aromatic heterocycles. The highest BCUT2D eigenvalue weighted by Crippen LogP contribution is 2.31. The standard InChI is InChI=1S/C10H12N2OS/c1-2-5-12(4-1)11-10-7-8-9(14-10)3-6-13-8/h3,6-7,11H,1-2,4-5H2. The number of nitrogens with zero attached hydrogens (tertiary/aromatic N) is 1. The number of furan rings is 1. The van der Waals surface area contributed by atoms with Crippen LogP contribution in [0.1, 0.15) is 12.8 Å². The van der Waals surface area contributed by atoms with Crippen LogP contribution in [0.25, 0.3) is 10.3 Å². The second kappa shape index (κ2) is 3.29. The molecule has 0 bridgehead atoms. The average molecular weight is 208 g/mol. The molecule has 0 saturated carbocycles. The largest absolute Gasteiger partial charge is 0.463 e. The quantitative estimate of drug-likeness (QED) is 0.822. The topological polar surface area (TPSA) is 28.4 Å². The number of thiophene rings is 1. The Hall–Kier alpha value is -1.00. The van der Waals surface area contributed by atoms with Gasteiger partial charge < -0.3 is 9.84 Å². The molecule has 1 saturated heterocycles. The van der Waals surface area contributed by atoms with Crippen LogP contribution in [0.5, 0.6) is 0 Å². The molecule has 3 rings (SSSR count). The molecule has 0 aromatic carbocycles. The third-order valence-electron chi connectivity index (χ3n) is 2.51. The summed E-state index contributed by atoms with van der Waals surface area (Å²) in [7, 11) is 0. The van der Waals surface area contributed by atoms with Gasteiger partial charge in [-0.3, -0.25) is 0 Å². The van der Waals surface area contributed by atoms with Gasteiger partial charge in [0.1, 0.15) is 10.6 Å². The van der Waals surface area contributed by atoms with Crippen molar-refractivity contribution < 1.29 is 4.42 Å². The van der Waals surface area contributed by atoms with Crippen molar-refractivity contribution in [1.29, 1.82) is 0 Å². The van der Waals surface area contributed by atoms with Gasteiger partial charge in [0.25, 0.3) is 0 Å². The lowest BCUT2D eigenvalue weighted by Crippen LogP contribution is -2.25. The molecule has 0 amide bonds. The van der Waals surface area contributed by atoms with Crippen LogP contribution in [0.15, 0.2) is 22.8 Å². The fraction of sp³-hybridized carbons (Fsp3) is 0.400. The van der Waals surface area contributed by atoms with Gasteiger partial charge in [-0.2, -0.15) is 0 Å². The van der Waals surface area contributed by atoms with Crippen molar-refractivity contribution in [2.24, 2.45) is 0 Å². The molecule has 14 heavy (non-hydrogen) atoms. The number of nitrogens with one attached hydrogen (secondary N) is 1. The lowest BCUT2D eigenvalue weighted by Gasteiger charge is -2.15. The molecular weight excluding hydrogens is 196 g/mol. The minimum atomic E-state index is 0.983. The second-order valence-corrected chi connectivity index (χ2v) is 4.65. The Labute approximate surface area is 86.3 Å². The van der Waals surface area contributed by atoms with Crippen LogP contribution in [0.2, 0.25) is 0 Å². The highest BCUT2D eigenvalue weighted by molar-refractivity contribution is 7.22. The van der Waals surface area contributed by atoms with Crippen molar-refractivity contribution in [2.45, 2.75) is 12.8 Å². The van der Waals surface area contributed by atoms with Crippen molar-refractivity contribution in [3.63, 3.8) is 0 Å². The monoisotopic (exact) mass is 208 g/mol. The molecule has 0 radical (unpaired) electrons. The molecule has 0 spiro atoms. The molecule has 4 heteroatoms. The third kappa shape index (κ3) is 1.40. The van der Waals surface area contributed by atoms with E-state index in [0.29, 0.717) is 0 Å². The SMILES string of the molecule is c1cc2sc(NN3CCCC3)cc2o1. The van der Waals surface area contributed by atoms with E-state index in [2.05, 4.69) is 16.5 Å². The lowest BCUT2D eigenvalue weighted by molar-refractivity contribution is 0.412. The summed E-state index contributed by atoms with van der Waals surface area (Å²) in [5, 5.41) is 3.45. The van der Waals surface area contributed by atoms with Crippen LogP contribution in [0.4, 0.5) is 5.00 Å². The zero-order chi connectivity index (χ0) is 9.38. The number of rotatable bonds is 2. The highest BCUT2D eigenvalue weighted by atomic mass is 32.1. The van der Waals surface area contributed by atoms with Crippen LogP contribution < -0.4 is 5.43 Å². The summed E-state index contributed by atoms with van der Waals surface area (Å²) < 4.78 is 6.53. The fourth-order valence-corrected chi connectivity index (χ4v) is 2.71. The Morgan fingerprint density at radius 2 is 2.21 bits per heavy atom. The fourth-order valence-electron chi connectivity index (χ4n) is 1.81. The molecule has 1 fully saturated rings. The first-order chi connectivity index (χ1) is 6.92. The van der Waals surface area contributed by atoms with Crippen molar-refractivity contribution in [2.75, 3.05) is 18.5 Å². The van der Waals surface area contributed by atoms with E-state index in [4.69, 9.17) is 4.42 Å². The summed E-state index contributed by atoms with van der Waals surface area (Å²) in [6.07, 6.45) is 4.34. The van der Waals surface area contributed by atoms with E-state index in [1.807, 2.05) is 6.07 Å². The molecule has 0 atom stereocenters. The zero-order valence-electron chi connectivity index (χ0n) is 7.82.